The molecule has 1 amide bonds. The van der Waals surface area contributed by atoms with Gasteiger partial charge in [0, 0.05) is 23.3 Å². The van der Waals surface area contributed by atoms with Crippen molar-refractivity contribution in [3.05, 3.63) is 94.0 Å². The Kier molecular flexibility index (Phi) is 5.11. The van der Waals surface area contributed by atoms with E-state index in [2.05, 4.69) is 11.5 Å². The van der Waals surface area contributed by atoms with Crippen LogP contribution < -0.4 is 11.2 Å². The van der Waals surface area contributed by atoms with Gasteiger partial charge in [0.15, 0.2) is 5.78 Å². The highest BCUT2D eigenvalue weighted by Crippen LogP contribution is 2.44. The number of amides is 1. The topological polar surface area (TPSA) is 99.2 Å². The Labute approximate surface area is 175 Å². The number of aryl methyl sites for hydroxylation is 1. The van der Waals surface area contributed by atoms with Crippen molar-refractivity contribution in [2.24, 2.45) is 5.73 Å². The number of allylic oxidation sites excluding steroid dienone is 3. The molecule has 4 rings (SSSR count). The van der Waals surface area contributed by atoms with Crippen LogP contribution in [-0.4, -0.2) is 16.7 Å². The molecule has 0 spiro atoms. The summed E-state index contributed by atoms with van der Waals surface area (Å²) in [4.78, 5) is 25.8. The van der Waals surface area contributed by atoms with Gasteiger partial charge < -0.3 is 5.73 Å². The first-order valence-corrected chi connectivity index (χ1v) is 9.90. The Bertz CT molecular complexity index is 1130. The number of nitrogens with one attached hydrogen (secondary N) is 1. The standard InChI is InChI=1S/C24H22N4O2/c1-15-8-5-6-11-17(15)21-18(14-25)23(26)28(19-12-7-13-20(29)22(19)21)27-24(30)16-9-3-2-4-10-16/h2-6,8-11,21H,7,12-13,26H2,1H3,(H,27,30). The van der Waals surface area contributed by atoms with Crippen LogP contribution in [0.25, 0.3) is 0 Å². The van der Waals surface area contributed by atoms with Gasteiger partial charge in [-0.25, -0.2) is 5.01 Å². The largest absolute Gasteiger partial charge is 0.383 e. The van der Waals surface area contributed by atoms with E-state index < -0.39 is 5.92 Å². The molecule has 0 saturated heterocycles. The first kappa shape index (κ1) is 19.5. The lowest BCUT2D eigenvalue weighted by molar-refractivity contribution is -0.116. The van der Waals surface area contributed by atoms with Crippen molar-refractivity contribution >= 4 is 11.7 Å². The number of hydrogen-bond donors (Lipinski definition) is 2. The van der Waals surface area contributed by atoms with Crippen molar-refractivity contribution in [3.8, 4) is 6.07 Å². The summed E-state index contributed by atoms with van der Waals surface area (Å²) >= 11 is 0. The van der Waals surface area contributed by atoms with Gasteiger partial charge in [-0.3, -0.25) is 15.0 Å². The third-order valence-electron chi connectivity index (χ3n) is 5.66. The molecule has 3 N–H and O–H groups in total. The quantitative estimate of drug-likeness (QED) is 0.825. The van der Waals surface area contributed by atoms with Crippen LogP contribution >= 0.6 is 0 Å². The molecule has 1 atom stereocenters. The lowest BCUT2D eigenvalue weighted by atomic mass is 9.75. The van der Waals surface area contributed by atoms with Gasteiger partial charge in [-0.1, -0.05) is 42.5 Å². The van der Waals surface area contributed by atoms with E-state index in [9.17, 15) is 14.9 Å². The Morgan fingerprint density at radius 3 is 2.53 bits per heavy atom. The van der Waals surface area contributed by atoms with Gasteiger partial charge in [0.2, 0.25) is 0 Å². The second-order valence-electron chi connectivity index (χ2n) is 7.48. The number of ketones is 1. The molecule has 0 radical (unpaired) electrons. The number of hydrazine groups is 1. The summed E-state index contributed by atoms with van der Waals surface area (Å²) in [6.45, 7) is 1.96. The number of Topliss-reactive ketones (excluding diaryl/α,β-unsaturated/α-hetero) is 1. The molecule has 0 fully saturated rings. The lowest BCUT2D eigenvalue weighted by Gasteiger charge is -2.39. The van der Waals surface area contributed by atoms with Gasteiger partial charge in [0.1, 0.15) is 5.82 Å². The molecule has 30 heavy (non-hydrogen) atoms. The van der Waals surface area contributed by atoms with E-state index in [0.29, 0.717) is 36.1 Å². The minimum absolute atomic E-state index is 0.0105. The maximum Gasteiger partial charge on any atom is 0.270 e. The van der Waals surface area contributed by atoms with Gasteiger partial charge in [-0.15, -0.1) is 0 Å². The average Bonchev–Trinajstić information content (AvgIpc) is 2.76. The summed E-state index contributed by atoms with van der Waals surface area (Å²) in [5.74, 6) is -0.730. The summed E-state index contributed by atoms with van der Waals surface area (Å²) in [6.07, 6.45) is 1.68. The van der Waals surface area contributed by atoms with Crippen molar-refractivity contribution in [1.29, 1.82) is 5.26 Å². The first-order chi connectivity index (χ1) is 14.5. The van der Waals surface area contributed by atoms with E-state index >= 15 is 0 Å². The number of carbonyl (C=O) groups excluding carboxylic acids is 2. The molecule has 0 saturated carbocycles. The Morgan fingerprint density at radius 2 is 1.83 bits per heavy atom. The predicted molar refractivity (Wildman–Crippen MR) is 112 cm³/mol. The molecule has 0 bridgehead atoms. The fourth-order valence-corrected chi connectivity index (χ4v) is 4.19. The minimum atomic E-state index is -0.524. The summed E-state index contributed by atoms with van der Waals surface area (Å²) in [6, 6.07) is 18.7. The van der Waals surface area contributed by atoms with Crippen molar-refractivity contribution in [1.82, 2.24) is 10.4 Å². The van der Waals surface area contributed by atoms with E-state index in [1.165, 1.54) is 5.01 Å². The molecular formula is C24H22N4O2. The van der Waals surface area contributed by atoms with Crippen molar-refractivity contribution < 1.29 is 9.59 Å². The average molecular weight is 398 g/mol. The molecule has 1 heterocycles. The number of benzene rings is 2. The molecule has 1 aliphatic heterocycles. The van der Waals surface area contributed by atoms with Crippen LogP contribution in [0.1, 0.15) is 46.7 Å². The number of hydrogen-bond acceptors (Lipinski definition) is 5. The number of nitrogens with zero attached hydrogens (tertiary/aromatic N) is 2. The third kappa shape index (κ3) is 3.25. The molecular weight excluding hydrogens is 376 g/mol. The van der Waals surface area contributed by atoms with Crippen LogP contribution in [0.2, 0.25) is 0 Å². The highest BCUT2D eigenvalue weighted by molar-refractivity contribution is 6.00. The predicted octanol–water partition coefficient (Wildman–Crippen LogP) is 3.44. The van der Waals surface area contributed by atoms with Crippen LogP contribution in [0.3, 0.4) is 0 Å². The van der Waals surface area contributed by atoms with Gasteiger partial charge in [0.25, 0.3) is 5.91 Å². The fraction of sp³-hybridized carbons (Fsp3) is 0.208. The molecule has 1 aliphatic carbocycles. The van der Waals surface area contributed by atoms with E-state index in [-0.39, 0.29) is 23.1 Å². The number of nitrogens with two attached hydrogens (primary N) is 1. The summed E-state index contributed by atoms with van der Waals surface area (Å²) < 4.78 is 0. The van der Waals surface area contributed by atoms with Gasteiger partial charge >= 0.3 is 0 Å². The molecule has 0 aromatic heterocycles. The maximum absolute atomic E-state index is 13.0. The highest BCUT2D eigenvalue weighted by atomic mass is 16.2. The zero-order chi connectivity index (χ0) is 21.3. The Balaban J connectivity index is 1.84. The Hall–Kier alpha value is -3.85. The molecule has 2 aromatic rings. The molecule has 150 valence electrons. The minimum Gasteiger partial charge on any atom is -0.383 e. The zero-order valence-corrected chi connectivity index (χ0v) is 16.7. The van der Waals surface area contributed by atoms with E-state index in [1.807, 2.05) is 37.3 Å². The maximum atomic E-state index is 13.0. The van der Waals surface area contributed by atoms with E-state index in [4.69, 9.17) is 5.73 Å². The van der Waals surface area contributed by atoms with Crippen molar-refractivity contribution in [2.75, 3.05) is 0 Å². The smallest absolute Gasteiger partial charge is 0.270 e. The lowest BCUT2D eigenvalue weighted by Crippen LogP contribution is -2.48. The summed E-state index contributed by atoms with van der Waals surface area (Å²) in [7, 11) is 0. The second-order valence-corrected chi connectivity index (χ2v) is 7.48. The highest BCUT2D eigenvalue weighted by Gasteiger charge is 2.40. The number of nitriles is 1. The monoisotopic (exact) mass is 398 g/mol. The van der Waals surface area contributed by atoms with Gasteiger partial charge in [-0.05, 0) is 43.0 Å². The third-order valence-corrected chi connectivity index (χ3v) is 5.66. The summed E-state index contributed by atoms with van der Waals surface area (Å²) in [5, 5.41) is 11.4. The first-order valence-electron chi connectivity index (χ1n) is 9.90. The van der Waals surface area contributed by atoms with Crippen LogP contribution in [0.4, 0.5) is 0 Å². The molecule has 2 aliphatic rings. The molecule has 2 aromatic carbocycles. The van der Waals surface area contributed by atoms with E-state index in [0.717, 1.165) is 11.1 Å². The van der Waals surface area contributed by atoms with Gasteiger partial charge in [0.05, 0.1) is 17.6 Å². The summed E-state index contributed by atoms with van der Waals surface area (Å²) in [5.41, 5.74) is 13.0. The van der Waals surface area contributed by atoms with Crippen molar-refractivity contribution in [2.45, 2.75) is 32.1 Å². The number of rotatable bonds is 3. The van der Waals surface area contributed by atoms with Crippen LogP contribution in [0, 0.1) is 18.3 Å². The number of carbonyl (C=O) groups is 2. The van der Waals surface area contributed by atoms with Gasteiger partial charge in [-0.2, -0.15) is 5.26 Å². The van der Waals surface area contributed by atoms with Crippen LogP contribution in [0.5, 0.6) is 0 Å². The molecule has 6 nitrogen and oxygen atoms in total. The molecule has 6 heteroatoms. The fourth-order valence-electron chi connectivity index (χ4n) is 4.19. The van der Waals surface area contributed by atoms with E-state index in [1.54, 1.807) is 24.3 Å². The van der Waals surface area contributed by atoms with Crippen LogP contribution in [0.15, 0.2) is 77.3 Å². The zero-order valence-electron chi connectivity index (χ0n) is 16.7. The van der Waals surface area contributed by atoms with Crippen molar-refractivity contribution in [3.63, 3.8) is 0 Å². The van der Waals surface area contributed by atoms with Crippen LogP contribution in [-0.2, 0) is 4.79 Å². The molecule has 1 unspecified atom stereocenters. The SMILES string of the molecule is Cc1ccccc1C1C(C#N)=C(N)N(NC(=O)c2ccccc2)C2=C1C(=O)CCC2. The second kappa shape index (κ2) is 7.88. The normalized spacial score (nSPS) is 18.7. The Morgan fingerprint density at radius 1 is 1.13 bits per heavy atom.